The Morgan fingerprint density at radius 2 is 1.81 bits per heavy atom. The lowest BCUT2D eigenvalue weighted by atomic mass is 10.00. The van der Waals surface area contributed by atoms with Crippen LogP contribution in [0.2, 0.25) is 0 Å². The van der Waals surface area contributed by atoms with Crippen molar-refractivity contribution < 1.29 is 0 Å². The third kappa shape index (κ3) is 1.76. The molecule has 0 fully saturated rings. The lowest BCUT2D eigenvalue weighted by Gasteiger charge is -2.04. The molecule has 1 heterocycles. The van der Waals surface area contributed by atoms with Gasteiger partial charge in [-0.25, -0.2) is 0 Å². The fraction of sp³-hybridized carbons (Fsp3) is 0.154. The van der Waals surface area contributed by atoms with Crippen LogP contribution in [0, 0.1) is 0 Å². The zero-order chi connectivity index (χ0) is 10.1. The summed E-state index contributed by atoms with van der Waals surface area (Å²) in [4.78, 5) is 0. The summed E-state index contributed by atoms with van der Waals surface area (Å²) in [6.45, 7) is 0.957. The molecule has 2 aromatic carbocycles. The predicted octanol–water partition coefficient (Wildman–Crippen LogP) is 2.96. The first kappa shape index (κ1) is 11.0. The van der Waals surface area contributed by atoms with Crippen molar-refractivity contribution in [3.63, 3.8) is 0 Å². The van der Waals surface area contributed by atoms with Crippen LogP contribution in [0.15, 0.2) is 47.6 Å². The Balaban J connectivity index is 0.000000963. The maximum absolute atomic E-state index is 4.32. The molecule has 0 atom stereocenters. The molecule has 1 aliphatic heterocycles. The molecule has 1 aliphatic rings. The average molecular weight is 233 g/mol. The molecule has 0 amide bonds. The van der Waals surface area contributed by atoms with E-state index in [1.54, 1.807) is 0 Å². The van der Waals surface area contributed by atoms with Crippen molar-refractivity contribution in [1.82, 2.24) is 5.43 Å². The van der Waals surface area contributed by atoms with Gasteiger partial charge in [-0.1, -0.05) is 42.5 Å². The Labute approximate surface area is 101 Å². The van der Waals surface area contributed by atoms with E-state index >= 15 is 0 Å². The fourth-order valence-corrected chi connectivity index (χ4v) is 2.05. The topological polar surface area (TPSA) is 24.4 Å². The quantitative estimate of drug-likeness (QED) is 0.803. The van der Waals surface area contributed by atoms with E-state index in [2.05, 4.69) is 53.0 Å². The maximum atomic E-state index is 4.32. The minimum atomic E-state index is 0. The highest BCUT2D eigenvalue weighted by Crippen LogP contribution is 2.20. The van der Waals surface area contributed by atoms with E-state index in [1.807, 2.05) is 0 Å². The highest BCUT2D eigenvalue weighted by atomic mass is 35.5. The fourth-order valence-electron chi connectivity index (χ4n) is 2.05. The molecule has 3 rings (SSSR count). The predicted molar refractivity (Wildman–Crippen MR) is 70.4 cm³/mol. The number of benzene rings is 2. The zero-order valence-electron chi connectivity index (χ0n) is 8.81. The summed E-state index contributed by atoms with van der Waals surface area (Å²) in [7, 11) is 0. The molecule has 0 aromatic heterocycles. The second-order valence-corrected chi connectivity index (χ2v) is 3.74. The molecule has 0 saturated heterocycles. The highest BCUT2D eigenvalue weighted by molar-refractivity contribution is 6.11. The first-order valence-electron chi connectivity index (χ1n) is 5.23. The van der Waals surface area contributed by atoms with Crippen LogP contribution in [-0.4, -0.2) is 12.3 Å². The molecule has 0 aliphatic carbocycles. The minimum absolute atomic E-state index is 0. The molecule has 2 nitrogen and oxygen atoms in total. The van der Waals surface area contributed by atoms with E-state index in [9.17, 15) is 0 Å². The van der Waals surface area contributed by atoms with Gasteiger partial charge in [0.05, 0.1) is 5.71 Å². The number of hydrogen-bond acceptors (Lipinski definition) is 2. The zero-order valence-corrected chi connectivity index (χ0v) is 9.63. The third-order valence-electron chi connectivity index (χ3n) is 2.79. The molecule has 0 radical (unpaired) electrons. The summed E-state index contributed by atoms with van der Waals surface area (Å²) < 4.78 is 0. The number of nitrogens with one attached hydrogen (secondary N) is 1. The van der Waals surface area contributed by atoms with Crippen LogP contribution in [0.5, 0.6) is 0 Å². The van der Waals surface area contributed by atoms with Gasteiger partial charge in [-0.3, -0.25) is 0 Å². The van der Waals surface area contributed by atoms with Crippen LogP contribution in [0.3, 0.4) is 0 Å². The summed E-state index contributed by atoms with van der Waals surface area (Å²) in [5.41, 5.74) is 5.46. The van der Waals surface area contributed by atoms with Crippen molar-refractivity contribution in [1.29, 1.82) is 0 Å². The van der Waals surface area contributed by atoms with Gasteiger partial charge in [0.1, 0.15) is 0 Å². The Hall–Kier alpha value is -1.54. The Morgan fingerprint density at radius 1 is 1.00 bits per heavy atom. The van der Waals surface area contributed by atoms with Crippen LogP contribution in [0.25, 0.3) is 10.8 Å². The van der Waals surface area contributed by atoms with Gasteiger partial charge in [0.15, 0.2) is 0 Å². The first-order valence-corrected chi connectivity index (χ1v) is 5.23. The van der Waals surface area contributed by atoms with Gasteiger partial charge >= 0.3 is 0 Å². The standard InChI is InChI=1S/C13H12N2.ClH/c1-2-6-11-10(4-1)5-3-7-12(11)13-8-9-14-15-13;/h1-7,14H,8-9H2;1H. The number of halogens is 1. The lowest BCUT2D eigenvalue weighted by Crippen LogP contribution is -1.98. The second-order valence-electron chi connectivity index (χ2n) is 3.74. The SMILES string of the molecule is Cl.c1ccc2c(C3=NNCC3)cccc2c1. The molecule has 0 spiro atoms. The summed E-state index contributed by atoms with van der Waals surface area (Å²) in [6.07, 6.45) is 1.02. The Kier molecular flexibility index (Phi) is 3.11. The van der Waals surface area contributed by atoms with E-state index in [4.69, 9.17) is 0 Å². The van der Waals surface area contributed by atoms with E-state index in [1.165, 1.54) is 22.0 Å². The van der Waals surface area contributed by atoms with E-state index in [-0.39, 0.29) is 12.4 Å². The van der Waals surface area contributed by atoms with Crippen molar-refractivity contribution >= 4 is 28.9 Å². The average Bonchev–Trinajstić information content (AvgIpc) is 2.82. The molecule has 0 bridgehead atoms. The summed E-state index contributed by atoms with van der Waals surface area (Å²) in [6, 6.07) is 14.8. The molecule has 0 saturated carbocycles. The second kappa shape index (κ2) is 4.54. The minimum Gasteiger partial charge on any atom is -0.309 e. The van der Waals surface area contributed by atoms with Crippen molar-refractivity contribution in [2.24, 2.45) is 5.10 Å². The van der Waals surface area contributed by atoms with Gasteiger partial charge in [0.25, 0.3) is 0 Å². The largest absolute Gasteiger partial charge is 0.309 e. The normalized spacial score (nSPS) is 14.1. The lowest BCUT2D eigenvalue weighted by molar-refractivity contribution is 0.813. The Bertz CT molecular complexity index is 529. The number of rotatable bonds is 1. The van der Waals surface area contributed by atoms with Gasteiger partial charge in [-0.2, -0.15) is 5.10 Å². The monoisotopic (exact) mass is 232 g/mol. The Morgan fingerprint density at radius 3 is 2.62 bits per heavy atom. The van der Waals surface area contributed by atoms with E-state index in [0.717, 1.165) is 13.0 Å². The van der Waals surface area contributed by atoms with Crippen LogP contribution >= 0.6 is 12.4 Å². The number of hydrogen-bond donors (Lipinski definition) is 1. The van der Waals surface area contributed by atoms with Crippen molar-refractivity contribution in [2.45, 2.75) is 6.42 Å². The molecular weight excluding hydrogens is 220 g/mol. The van der Waals surface area contributed by atoms with Crippen LogP contribution in [-0.2, 0) is 0 Å². The van der Waals surface area contributed by atoms with Gasteiger partial charge in [0, 0.05) is 18.5 Å². The maximum Gasteiger partial charge on any atom is 0.0699 e. The number of nitrogens with zero attached hydrogens (tertiary/aromatic N) is 1. The van der Waals surface area contributed by atoms with Crippen molar-refractivity contribution in [3.05, 3.63) is 48.0 Å². The molecule has 3 heteroatoms. The molecule has 16 heavy (non-hydrogen) atoms. The van der Waals surface area contributed by atoms with E-state index in [0.29, 0.717) is 0 Å². The van der Waals surface area contributed by atoms with Gasteiger partial charge in [-0.15, -0.1) is 12.4 Å². The summed E-state index contributed by atoms with van der Waals surface area (Å²) >= 11 is 0. The van der Waals surface area contributed by atoms with Crippen molar-refractivity contribution in [3.8, 4) is 0 Å². The van der Waals surface area contributed by atoms with Crippen LogP contribution < -0.4 is 5.43 Å². The van der Waals surface area contributed by atoms with Gasteiger partial charge in [0.2, 0.25) is 0 Å². The number of fused-ring (bicyclic) bond motifs is 1. The molecular formula is C13H13ClN2. The molecule has 2 aromatic rings. The summed E-state index contributed by atoms with van der Waals surface area (Å²) in [5.74, 6) is 0. The van der Waals surface area contributed by atoms with Crippen LogP contribution in [0.1, 0.15) is 12.0 Å². The van der Waals surface area contributed by atoms with Gasteiger partial charge in [-0.05, 0) is 10.8 Å². The molecule has 0 unspecified atom stereocenters. The first-order chi connectivity index (χ1) is 7.45. The van der Waals surface area contributed by atoms with Crippen LogP contribution in [0.4, 0.5) is 0 Å². The highest BCUT2D eigenvalue weighted by Gasteiger charge is 2.11. The molecule has 82 valence electrons. The van der Waals surface area contributed by atoms with Crippen molar-refractivity contribution in [2.75, 3.05) is 6.54 Å². The summed E-state index contributed by atoms with van der Waals surface area (Å²) in [5, 5.41) is 6.90. The van der Waals surface area contributed by atoms with E-state index < -0.39 is 0 Å². The number of hydrazone groups is 1. The smallest absolute Gasteiger partial charge is 0.0699 e. The van der Waals surface area contributed by atoms with Gasteiger partial charge < -0.3 is 5.43 Å². The molecule has 1 N–H and O–H groups in total. The third-order valence-corrected chi connectivity index (χ3v) is 2.79.